The maximum absolute atomic E-state index is 13.8. The Morgan fingerprint density at radius 3 is 2.80 bits per heavy atom. The smallest absolute Gasteiger partial charge is 0.184 e. The van der Waals surface area contributed by atoms with Crippen LogP contribution in [0.25, 0.3) is 0 Å². The van der Waals surface area contributed by atoms with Gasteiger partial charge in [0.2, 0.25) is 0 Å². The largest absolute Gasteiger partial charge is 0.453 e. The van der Waals surface area contributed by atoms with Crippen molar-refractivity contribution in [3.63, 3.8) is 0 Å². The summed E-state index contributed by atoms with van der Waals surface area (Å²) in [6.45, 7) is 0.639. The van der Waals surface area contributed by atoms with Gasteiger partial charge in [0.1, 0.15) is 11.8 Å². The summed E-state index contributed by atoms with van der Waals surface area (Å²) < 4.78 is 19.2. The number of rotatable bonds is 4. The Bertz CT molecular complexity index is 667. The Labute approximate surface area is 121 Å². The molecule has 0 atom stereocenters. The van der Waals surface area contributed by atoms with E-state index in [2.05, 4.69) is 5.32 Å². The molecule has 0 radical (unpaired) electrons. The molecule has 0 aliphatic rings. The average molecular weight is 291 g/mol. The topological polar surface area (TPSA) is 45.0 Å². The van der Waals surface area contributed by atoms with Gasteiger partial charge in [-0.15, -0.1) is 0 Å². The molecule has 0 bridgehead atoms. The second kappa shape index (κ2) is 6.38. The van der Waals surface area contributed by atoms with Gasteiger partial charge in [0, 0.05) is 6.54 Å². The van der Waals surface area contributed by atoms with E-state index in [0.29, 0.717) is 17.9 Å². The van der Waals surface area contributed by atoms with Crippen molar-refractivity contribution in [2.24, 2.45) is 0 Å². The lowest BCUT2D eigenvalue weighted by Crippen LogP contribution is -2.05. The lowest BCUT2D eigenvalue weighted by atomic mass is 10.1. The summed E-state index contributed by atoms with van der Waals surface area (Å²) in [5.41, 5.74) is 1.29. The minimum atomic E-state index is -0.641. The van der Waals surface area contributed by atoms with E-state index < -0.39 is 5.82 Å². The Morgan fingerprint density at radius 2 is 2.10 bits per heavy atom. The third kappa shape index (κ3) is 3.08. The first kappa shape index (κ1) is 14.3. The van der Waals surface area contributed by atoms with Gasteiger partial charge in [0.15, 0.2) is 11.6 Å². The molecule has 2 rings (SSSR count). The first-order valence-corrected chi connectivity index (χ1v) is 6.33. The molecule has 0 saturated heterocycles. The van der Waals surface area contributed by atoms with E-state index in [0.717, 1.165) is 5.56 Å². The zero-order valence-electron chi connectivity index (χ0n) is 10.8. The van der Waals surface area contributed by atoms with E-state index in [9.17, 15) is 4.39 Å². The maximum Gasteiger partial charge on any atom is 0.184 e. The molecule has 0 fully saturated rings. The molecule has 0 aromatic heterocycles. The molecule has 0 spiro atoms. The number of benzene rings is 2. The van der Waals surface area contributed by atoms with Gasteiger partial charge in [-0.1, -0.05) is 23.7 Å². The number of hydrogen-bond acceptors (Lipinski definition) is 3. The molecule has 0 unspecified atom stereocenters. The third-order valence-electron chi connectivity index (χ3n) is 2.68. The highest BCUT2D eigenvalue weighted by Crippen LogP contribution is 2.30. The fourth-order valence-corrected chi connectivity index (χ4v) is 1.91. The van der Waals surface area contributed by atoms with Crippen molar-refractivity contribution < 1.29 is 9.13 Å². The molecule has 0 saturated carbocycles. The number of hydrogen-bond donors (Lipinski definition) is 1. The van der Waals surface area contributed by atoms with Crippen LogP contribution in [0.15, 0.2) is 36.4 Å². The minimum absolute atomic E-state index is 0.00429. The van der Waals surface area contributed by atoms with Gasteiger partial charge < -0.3 is 10.1 Å². The van der Waals surface area contributed by atoms with Gasteiger partial charge in [0.05, 0.1) is 10.6 Å². The van der Waals surface area contributed by atoms with Gasteiger partial charge in [-0.05, 0) is 36.9 Å². The van der Waals surface area contributed by atoms with Crippen LogP contribution in [0, 0.1) is 17.1 Å². The monoisotopic (exact) mass is 290 g/mol. The predicted molar refractivity (Wildman–Crippen MR) is 75.4 cm³/mol. The average Bonchev–Trinajstić information content (AvgIpc) is 2.45. The fraction of sp³-hybridized carbons (Fsp3) is 0.133. The second-order valence-corrected chi connectivity index (χ2v) is 4.53. The van der Waals surface area contributed by atoms with Crippen molar-refractivity contribution in [3.05, 3.63) is 58.4 Å². The van der Waals surface area contributed by atoms with Gasteiger partial charge >= 0.3 is 0 Å². The number of nitrogens with zero attached hydrogens (tertiary/aromatic N) is 1. The summed E-state index contributed by atoms with van der Waals surface area (Å²) >= 11 is 5.69. The first-order chi connectivity index (χ1) is 9.65. The van der Waals surface area contributed by atoms with Gasteiger partial charge in [-0.25, -0.2) is 4.39 Å². The molecule has 1 N–H and O–H groups in total. The first-order valence-electron chi connectivity index (χ1n) is 5.95. The SMILES string of the molecule is CNCc1ccc(Oc2cccc(Cl)c2F)c(C#N)c1. The molecule has 0 amide bonds. The summed E-state index contributed by atoms with van der Waals surface area (Å²) in [5, 5.41) is 12.1. The van der Waals surface area contributed by atoms with Crippen LogP contribution in [0.3, 0.4) is 0 Å². The van der Waals surface area contributed by atoms with Gasteiger partial charge in [-0.3, -0.25) is 0 Å². The summed E-state index contributed by atoms with van der Waals surface area (Å²) in [7, 11) is 1.82. The molecule has 2 aromatic carbocycles. The summed E-state index contributed by atoms with van der Waals surface area (Å²) in [4.78, 5) is 0. The van der Waals surface area contributed by atoms with E-state index >= 15 is 0 Å². The van der Waals surface area contributed by atoms with Crippen LogP contribution in [0.4, 0.5) is 4.39 Å². The highest BCUT2D eigenvalue weighted by atomic mass is 35.5. The van der Waals surface area contributed by atoms with Crippen LogP contribution in [-0.2, 0) is 6.54 Å². The fourth-order valence-electron chi connectivity index (χ4n) is 1.75. The molecule has 102 valence electrons. The summed E-state index contributed by atoms with van der Waals surface area (Å²) in [6.07, 6.45) is 0. The quantitative estimate of drug-likeness (QED) is 0.930. The minimum Gasteiger partial charge on any atom is -0.453 e. The Hall–Kier alpha value is -2.09. The molecule has 0 aliphatic heterocycles. The van der Waals surface area contributed by atoms with Crippen molar-refractivity contribution >= 4 is 11.6 Å². The van der Waals surface area contributed by atoms with Crippen LogP contribution in [-0.4, -0.2) is 7.05 Å². The van der Waals surface area contributed by atoms with Crippen molar-refractivity contribution in [2.75, 3.05) is 7.05 Å². The Kier molecular flexibility index (Phi) is 4.57. The van der Waals surface area contributed by atoms with Crippen molar-refractivity contribution in [1.29, 1.82) is 5.26 Å². The molecule has 20 heavy (non-hydrogen) atoms. The lowest BCUT2D eigenvalue weighted by molar-refractivity contribution is 0.441. The zero-order valence-corrected chi connectivity index (χ0v) is 11.5. The molecule has 2 aromatic rings. The second-order valence-electron chi connectivity index (χ2n) is 4.13. The van der Waals surface area contributed by atoms with Gasteiger partial charge in [-0.2, -0.15) is 5.26 Å². The van der Waals surface area contributed by atoms with Crippen LogP contribution < -0.4 is 10.1 Å². The Morgan fingerprint density at radius 1 is 1.30 bits per heavy atom. The van der Waals surface area contributed by atoms with Crippen LogP contribution >= 0.6 is 11.6 Å². The Balaban J connectivity index is 2.34. The molecule has 0 aliphatic carbocycles. The molecular weight excluding hydrogens is 279 g/mol. The van der Waals surface area contributed by atoms with Crippen molar-refractivity contribution in [2.45, 2.75) is 6.54 Å². The van der Waals surface area contributed by atoms with E-state index in [1.807, 2.05) is 19.2 Å². The normalized spacial score (nSPS) is 10.1. The summed E-state index contributed by atoms with van der Waals surface area (Å²) in [6, 6.07) is 11.7. The molecule has 3 nitrogen and oxygen atoms in total. The highest BCUT2D eigenvalue weighted by molar-refractivity contribution is 6.30. The number of ether oxygens (including phenoxy) is 1. The summed E-state index contributed by atoms with van der Waals surface area (Å²) in [5.74, 6) is -0.346. The van der Waals surface area contributed by atoms with Crippen LogP contribution in [0.5, 0.6) is 11.5 Å². The molecular formula is C15H12ClFN2O. The molecule has 5 heteroatoms. The van der Waals surface area contributed by atoms with E-state index in [1.54, 1.807) is 18.2 Å². The predicted octanol–water partition coefficient (Wildman–Crippen LogP) is 3.86. The van der Waals surface area contributed by atoms with E-state index in [1.165, 1.54) is 12.1 Å². The van der Waals surface area contributed by atoms with Gasteiger partial charge in [0.25, 0.3) is 0 Å². The van der Waals surface area contributed by atoms with Crippen molar-refractivity contribution in [3.8, 4) is 17.6 Å². The highest BCUT2D eigenvalue weighted by Gasteiger charge is 2.11. The maximum atomic E-state index is 13.8. The van der Waals surface area contributed by atoms with Crippen LogP contribution in [0.2, 0.25) is 5.02 Å². The number of nitriles is 1. The number of nitrogens with one attached hydrogen (secondary N) is 1. The van der Waals surface area contributed by atoms with E-state index in [4.69, 9.17) is 21.6 Å². The standard InChI is InChI=1S/C15H12ClFN2O/c1-19-9-10-5-6-13(11(7-10)8-18)20-14-4-2-3-12(16)15(14)17/h2-7,19H,9H2,1H3. The van der Waals surface area contributed by atoms with E-state index in [-0.39, 0.29) is 10.8 Å². The molecule has 0 heterocycles. The van der Waals surface area contributed by atoms with Crippen molar-refractivity contribution in [1.82, 2.24) is 5.32 Å². The lowest BCUT2D eigenvalue weighted by Gasteiger charge is -2.10. The zero-order chi connectivity index (χ0) is 14.5. The third-order valence-corrected chi connectivity index (χ3v) is 2.97. The number of halogens is 2. The van der Waals surface area contributed by atoms with Crippen LogP contribution in [0.1, 0.15) is 11.1 Å².